The van der Waals surface area contributed by atoms with E-state index in [1.807, 2.05) is 19.0 Å². The highest BCUT2D eigenvalue weighted by Gasteiger charge is 2.18. The number of benzene rings is 2. The summed E-state index contributed by atoms with van der Waals surface area (Å²) in [5.41, 5.74) is 0.586. The number of nitrogens with zero attached hydrogens (tertiary/aromatic N) is 2. The van der Waals surface area contributed by atoms with Crippen LogP contribution in [0.1, 0.15) is 26.3 Å². The van der Waals surface area contributed by atoms with Crippen LogP contribution in [0.3, 0.4) is 0 Å². The Balaban J connectivity index is 2.24. The Morgan fingerprint density at radius 2 is 1.58 bits per heavy atom. The summed E-state index contributed by atoms with van der Waals surface area (Å²) in [6.45, 7) is 0.880. The van der Waals surface area contributed by atoms with Crippen molar-refractivity contribution >= 4 is 11.9 Å². The first-order valence-electron chi connectivity index (χ1n) is 7.99. The summed E-state index contributed by atoms with van der Waals surface area (Å²) >= 11 is 0. The van der Waals surface area contributed by atoms with Crippen LogP contribution in [0.2, 0.25) is 0 Å². The molecule has 0 saturated heterocycles. The molecule has 0 aromatic heterocycles. The highest BCUT2D eigenvalue weighted by atomic mass is 19.1. The van der Waals surface area contributed by atoms with E-state index < -0.39 is 17.6 Å². The maximum absolute atomic E-state index is 14.0. The number of likely N-dealkylation sites (N-methyl/N-ethyl adjacent to an activating group) is 1. The first-order chi connectivity index (χ1) is 12.3. The van der Waals surface area contributed by atoms with Gasteiger partial charge in [-0.05, 0) is 44.4 Å². The molecule has 138 valence electrons. The van der Waals surface area contributed by atoms with Gasteiger partial charge in [-0.3, -0.25) is 4.79 Å². The molecule has 2 rings (SSSR count). The second-order valence-corrected chi connectivity index (χ2v) is 6.15. The second kappa shape index (κ2) is 8.53. The van der Waals surface area contributed by atoms with Gasteiger partial charge in [-0.25, -0.2) is 13.6 Å². The molecule has 0 radical (unpaired) electrons. The van der Waals surface area contributed by atoms with Gasteiger partial charge < -0.3 is 14.9 Å². The Hall–Kier alpha value is -2.80. The van der Waals surface area contributed by atoms with E-state index in [-0.39, 0.29) is 23.6 Å². The normalized spacial score (nSPS) is 10.8. The molecule has 0 heterocycles. The number of hydrogen-bond acceptors (Lipinski definition) is 3. The van der Waals surface area contributed by atoms with Crippen molar-refractivity contribution in [2.24, 2.45) is 0 Å². The lowest BCUT2D eigenvalue weighted by Crippen LogP contribution is -2.36. The maximum atomic E-state index is 14.0. The van der Waals surface area contributed by atoms with E-state index in [1.54, 1.807) is 0 Å². The molecule has 0 aliphatic rings. The van der Waals surface area contributed by atoms with Crippen LogP contribution in [0.25, 0.3) is 0 Å². The van der Waals surface area contributed by atoms with Crippen LogP contribution >= 0.6 is 0 Å². The average molecular weight is 362 g/mol. The molecule has 0 saturated carbocycles. The maximum Gasteiger partial charge on any atom is 0.335 e. The molecule has 1 N–H and O–H groups in total. The molecule has 0 unspecified atom stereocenters. The highest BCUT2D eigenvalue weighted by molar-refractivity contribution is 5.95. The Morgan fingerprint density at radius 3 is 2.12 bits per heavy atom. The minimum absolute atomic E-state index is 0.0144. The lowest BCUT2D eigenvalue weighted by atomic mass is 10.1. The molecule has 2 aromatic carbocycles. The minimum Gasteiger partial charge on any atom is -0.478 e. The molecule has 1 amide bonds. The van der Waals surface area contributed by atoms with Crippen LogP contribution in [0.5, 0.6) is 0 Å². The highest BCUT2D eigenvalue weighted by Crippen LogP contribution is 2.15. The van der Waals surface area contributed by atoms with Gasteiger partial charge in [0.25, 0.3) is 5.91 Å². The fourth-order valence-corrected chi connectivity index (χ4v) is 2.37. The summed E-state index contributed by atoms with van der Waals surface area (Å²) < 4.78 is 27.1. The van der Waals surface area contributed by atoms with Crippen molar-refractivity contribution in [2.75, 3.05) is 27.2 Å². The lowest BCUT2D eigenvalue weighted by molar-refractivity contribution is 0.0692. The molecule has 0 atom stereocenters. The Bertz CT molecular complexity index is 792. The number of amides is 1. The van der Waals surface area contributed by atoms with E-state index in [0.29, 0.717) is 18.7 Å². The van der Waals surface area contributed by atoms with E-state index >= 15 is 0 Å². The second-order valence-electron chi connectivity index (χ2n) is 6.15. The van der Waals surface area contributed by atoms with Gasteiger partial charge in [0, 0.05) is 36.8 Å². The molecule has 2 aromatic rings. The molecule has 0 aliphatic heterocycles. The largest absolute Gasteiger partial charge is 0.478 e. The summed E-state index contributed by atoms with van der Waals surface area (Å²) in [6.07, 6.45) is 0. The topological polar surface area (TPSA) is 60.9 Å². The number of carboxylic acid groups (broad SMARTS) is 1. The van der Waals surface area contributed by atoms with Crippen LogP contribution in [0.4, 0.5) is 8.78 Å². The first-order valence-corrected chi connectivity index (χ1v) is 7.99. The quantitative estimate of drug-likeness (QED) is 0.823. The zero-order valence-electron chi connectivity index (χ0n) is 14.6. The molecular weight excluding hydrogens is 342 g/mol. The standard InChI is InChI=1S/C19H20F2N2O3/c1-22(2)9-10-23(12-15-7-8-16(20)11-17(15)21)18(24)13-3-5-14(6-4-13)19(25)26/h3-8,11H,9-10,12H2,1-2H3,(H,25,26). The van der Waals surface area contributed by atoms with Crippen LogP contribution in [0, 0.1) is 11.6 Å². The van der Waals surface area contributed by atoms with Crippen LogP contribution in [-0.4, -0.2) is 54.0 Å². The fraction of sp³-hybridized carbons (Fsp3) is 0.263. The van der Waals surface area contributed by atoms with Gasteiger partial charge in [0.1, 0.15) is 11.6 Å². The number of aromatic carboxylic acids is 1. The monoisotopic (exact) mass is 362 g/mol. The smallest absolute Gasteiger partial charge is 0.335 e. The van der Waals surface area contributed by atoms with Crippen LogP contribution in [-0.2, 0) is 6.54 Å². The number of carboxylic acids is 1. The summed E-state index contributed by atoms with van der Waals surface area (Å²) in [7, 11) is 3.70. The third-order valence-corrected chi connectivity index (χ3v) is 3.86. The molecule has 5 nitrogen and oxygen atoms in total. The number of halogens is 2. The van der Waals surface area contributed by atoms with Gasteiger partial charge in [-0.15, -0.1) is 0 Å². The molecule has 0 bridgehead atoms. The van der Waals surface area contributed by atoms with Gasteiger partial charge in [-0.2, -0.15) is 0 Å². The van der Waals surface area contributed by atoms with E-state index in [9.17, 15) is 18.4 Å². The van der Waals surface area contributed by atoms with Crippen LogP contribution in [0.15, 0.2) is 42.5 Å². The van der Waals surface area contributed by atoms with Gasteiger partial charge in [0.2, 0.25) is 0 Å². The van der Waals surface area contributed by atoms with Gasteiger partial charge >= 0.3 is 5.97 Å². The van der Waals surface area contributed by atoms with Crippen molar-refractivity contribution in [1.29, 1.82) is 0 Å². The van der Waals surface area contributed by atoms with Crippen LogP contribution < -0.4 is 0 Å². The van der Waals surface area contributed by atoms with Crippen molar-refractivity contribution < 1.29 is 23.5 Å². The van der Waals surface area contributed by atoms with E-state index in [4.69, 9.17) is 5.11 Å². The summed E-state index contributed by atoms with van der Waals surface area (Å²) in [6, 6.07) is 8.79. The Kier molecular flexibility index (Phi) is 6.41. The fourth-order valence-electron chi connectivity index (χ4n) is 2.37. The molecule has 0 spiro atoms. The van der Waals surface area contributed by atoms with Gasteiger partial charge in [-0.1, -0.05) is 6.07 Å². The average Bonchev–Trinajstić information content (AvgIpc) is 2.59. The van der Waals surface area contributed by atoms with Crippen molar-refractivity contribution in [3.05, 3.63) is 70.8 Å². The third kappa shape index (κ3) is 5.10. The summed E-state index contributed by atoms with van der Waals surface area (Å²) in [5.74, 6) is -2.83. The van der Waals surface area contributed by atoms with E-state index in [0.717, 1.165) is 12.1 Å². The van der Waals surface area contributed by atoms with Gasteiger partial charge in [0.05, 0.1) is 5.56 Å². The number of hydrogen-bond donors (Lipinski definition) is 1. The molecule has 26 heavy (non-hydrogen) atoms. The van der Waals surface area contributed by atoms with E-state index in [1.165, 1.54) is 35.2 Å². The van der Waals surface area contributed by atoms with Crippen molar-refractivity contribution in [3.8, 4) is 0 Å². The molecule has 0 aliphatic carbocycles. The van der Waals surface area contributed by atoms with Crippen molar-refractivity contribution in [2.45, 2.75) is 6.54 Å². The Labute approximate surface area is 150 Å². The molecule has 7 heteroatoms. The lowest BCUT2D eigenvalue weighted by Gasteiger charge is -2.25. The minimum atomic E-state index is -1.08. The van der Waals surface area contributed by atoms with E-state index in [2.05, 4.69) is 0 Å². The number of carbonyl (C=O) groups excluding carboxylic acids is 1. The van der Waals surface area contributed by atoms with Crippen molar-refractivity contribution in [3.63, 3.8) is 0 Å². The number of rotatable bonds is 7. The Morgan fingerprint density at radius 1 is 0.962 bits per heavy atom. The zero-order valence-corrected chi connectivity index (χ0v) is 14.6. The predicted octanol–water partition coefficient (Wildman–Crippen LogP) is 2.87. The zero-order chi connectivity index (χ0) is 19.3. The SMILES string of the molecule is CN(C)CCN(Cc1ccc(F)cc1F)C(=O)c1ccc(C(=O)O)cc1. The number of carbonyl (C=O) groups is 2. The molecule has 0 fully saturated rings. The summed E-state index contributed by atoms with van der Waals surface area (Å²) in [4.78, 5) is 27.0. The molecular formula is C19H20F2N2O3. The van der Waals surface area contributed by atoms with Crippen molar-refractivity contribution in [1.82, 2.24) is 9.80 Å². The third-order valence-electron chi connectivity index (χ3n) is 3.86. The van der Waals surface area contributed by atoms with Gasteiger partial charge in [0.15, 0.2) is 0 Å². The first kappa shape index (κ1) is 19.5. The summed E-state index contributed by atoms with van der Waals surface area (Å²) in [5, 5.41) is 8.94. The predicted molar refractivity (Wildman–Crippen MR) is 93.1 cm³/mol.